The van der Waals surface area contributed by atoms with Gasteiger partial charge in [-0.15, -0.1) is 0 Å². The number of alkyl halides is 1. The molecule has 17 heteroatoms. The third-order valence-electron chi connectivity index (χ3n) is 14.4. The van der Waals surface area contributed by atoms with Crippen molar-refractivity contribution in [3.05, 3.63) is 82.8 Å². The predicted molar refractivity (Wildman–Crippen MR) is 227 cm³/mol. The number of imide groups is 1. The van der Waals surface area contributed by atoms with Crippen molar-refractivity contribution in [2.24, 2.45) is 0 Å². The maximum absolute atomic E-state index is 16.2. The minimum Gasteiger partial charge on any atom is -0.370 e. The Hall–Kier alpha value is -5.94. The molecule has 322 valence electrons. The highest BCUT2D eigenvalue weighted by Crippen LogP contribution is 2.40. The highest BCUT2D eigenvalue weighted by atomic mass is 19.1. The van der Waals surface area contributed by atoms with Gasteiger partial charge in [0.05, 0.1) is 30.7 Å². The van der Waals surface area contributed by atoms with E-state index in [1.807, 2.05) is 34.1 Å². The molecule has 0 saturated carbocycles. The fourth-order valence-corrected chi connectivity index (χ4v) is 10.9. The lowest BCUT2D eigenvalue weighted by Crippen LogP contribution is -2.64. The number of hydrogen-bond donors (Lipinski definition) is 2. The number of aromatic nitrogens is 3. The van der Waals surface area contributed by atoms with E-state index in [0.29, 0.717) is 66.7 Å². The maximum atomic E-state index is 16.2. The molecule has 0 radical (unpaired) electrons. The van der Waals surface area contributed by atoms with Crippen LogP contribution in [0.15, 0.2) is 55.0 Å². The van der Waals surface area contributed by atoms with Gasteiger partial charge in [0.15, 0.2) is 11.3 Å². The standard InChI is InChI=1S/C45H50FN11O5/c46-45(26-54(27-45)32-3-4-33-28(19-32)24-56(43(33)61)37-5-6-39(58)50-42(37)60)25-51-15-7-31(8-16-51)55-23-29-20-36(49-41(59)35-22-48-57-14-1-11-47-40(35)57)38(21-34(29)44(55)62)53-17-9-30(10-18-53)52-12-2-13-52/h1,3-4,11,14,19-22,30-31,37H,2,5-10,12-13,15-18,23-27H2,(H,49,59)(H,50,58,60). The molecule has 4 aromatic rings. The van der Waals surface area contributed by atoms with Gasteiger partial charge in [-0.1, -0.05) is 0 Å². The zero-order valence-electron chi connectivity index (χ0n) is 34.6. The predicted octanol–water partition coefficient (Wildman–Crippen LogP) is 3.07. The topological polar surface area (TPSA) is 159 Å². The number of nitrogens with zero attached hydrogens (tertiary/aromatic N) is 9. The fourth-order valence-electron chi connectivity index (χ4n) is 10.9. The third-order valence-corrected chi connectivity index (χ3v) is 14.4. The number of hydrogen-bond acceptors (Lipinski definition) is 11. The van der Waals surface area contributed by atoms with Crippen LogP contribution in [0.5, 0.6) is 0 Å². The third kappa shape index (κ3) is 6.85. The summed E-state index contributed by atoms with van der Waals surface area (Å²) in [6.45, 7) is 6.87. The number of likely N-dealkylation sites (tertiary alicyclic amines) is 2. The minimum absolute atomic E-state index is 0.00717. The second-order valence-electron chi connectivity index (χ2n) is 18.2. The van der Waals surface area contributed by atoms with Crippen molar-refractivity contribution in [2.45, 2.75) is 81.8 Å². The van der Waals surface area contributed by atoms with E-state index >= 15 is 4.39 Å². The normalized spacial score (nSPS) is 23.4. The quantitative estimate of drug-likeness (QED) is 0.239. The molecule has 5 saturated heterocycles. The molecule has 2 aromatic carbocycles. The van der Waals surface area contributed by atoms with Gasteiger partial charge in [0.2, 0.25) is 11.8 Å². The lowest BCUT2D eigenvalue weighted by Gasteiger charge is -2.49. The molecular formula is C45H50FN11O5. The van der Waals surface area contributed by atoms with Crippen LogP contribution in [0.1, 0.15) is 87.1 Å². The Morgan fingerprint density at radius 3 is 2.34 bits per heavy atom. The molecule has 2 N–H and O–H groups in total. The first-order chi connectivity index (χ1) is 30.1. The van der Waals surface area contributed by atoms with E-state index in [-0.39, 0.29) is 55.7 Å². The van der Waals surface area contributed by atoms with Crippen LogP contribution in [0.25, 0.3) is 5.65 Å². The summed E-state index contributed by atoms with van der Waals surface area (Å²) in [5.41, 5.74) is 4.76. The van der Waals surface area contributed by atoms with Crippen molar-refractivity contribution in [3.63, 3.8) is 0 Å². The molecule has 9 heterocycles. The molecule has 0 aliphatic carbocycles. The van der Waals surface area contributed by atoms with E-state index in [1.165, 1.54) is 17.5 Å². The molecule has 0 bridgehead atoms. The van der Waals surface area contributed by atoms with Crippen LogP contribution in [-0.4, -0.2) is 146 Å². The lowest BCUT2D eigenvalue weighted by atomic mass is 9.92. The minimum atomic E-state index is -1.39. The Bertz CT molecular complexity index is 2500. The molecular weight excluding hydrogens is 794 g/mol. The largest absolute Gasteiger partial charge is 0.370 e. The van der Waals surface area contributed by atoms with Gasteiger partial charge in [0.1, 0.15) is 11.6 Å². The van der Waals surface area contributed by atoms with E-state index in [4.69, 9.17) is 0 Å². The lowest BCUT2D eigenvalue weighted by molar-refractivity contribution is -0.136. The average molecular weight is 844 g/mol. The van der Waals surface area contributed by atoms with E-state index in [2.05, 4.69) is 35.4 Å². The first kappa shape index (κ1) is 38.9. The number of piperidine rings is 3. The molecule has 2 aromatic heterocycles. The van der Waals surface area contributed by atoms with Crippen LogP contribution in [0.4, 0.5) is 21.5 Å². The SMILES string of the molecule is O=C1CCC(N2Cc3cc(N4CC(F)(CN5CCC(N6Cc7cc(NC(=O)c8cnn9cccnc89)c(N8CCC(N9CCC9)CC8)cc7C6=O)CC5)C4)ccc3C2=O)C(=O)N1. The number of carbonyl (C=O) groups excluding carboxylic acids is 5. The summed E-state index contributed by atoms with van der Waals surface area (Å²) in [6.07, 6.45) is 10.2. The summed E-state index contributed by atoms with van der Waals surface area (Å²) in [5.74, 6) is -1.28. The molecule has 1 atom stereocenters. The van der Waals surface area contributed by atoms with Crippen LogP contribution < -0.4 is 20.4 Å². The number of amides is 5. The molecule has 7 aliphatic heterocycles. The van der Waals surface area contributed by atoms with Gasteiger partial charge in [-0.05, 0) is 99.1 Å². The number of nitrogens with one attached hydrogen (secondary N) is 2. The van der Waals surface area contributed by atoms with Crippen molar-refractivity contribution in [1.29, 1.82) is 0 Å². The highest BCUT2D eigenvalue weighted by Gasteiger charge is 2.47. The molecule has 16 nitrogen and oxygen atoms in total. The highest BCUT2D eigenvalue weighted by molar-refractivity contribution is 6.10. The molecule has 5 amide bonds. The maximum Gasteiger partial charge on any atom is 0.261 e. The van der Waals surface area contributed by atoms with Crippen LogP contribution in [0.3, 0.4) is 0 Å². The monoisotopic (exact) mass is 843 g/mol. The molecule has 5 fully saturated rings. The van der Waals surface area contributed by atoms with Gasteiger partial charge in [-0.2, -0.15) is 5.10 Å². The Kier molecular flexibility index (Phi) is 9.52. The van der Waals surface area contributed by atoms with Gasteiger partial charge in [0.25, 0.3) is 17.7 Å². The smallest absolute Gasteiger partial charge is 0.261 e. The Morgan fingerprint density at radius 1 is 0.839 bits per heavy atom. The van der Waals surface area contributed by atoms with Gasteiger partial charge in [-0.25, -0.2) is 13.9 Å². The van der Waals surface area contributed by atoms with Crippen LogP contribution in [0.2, 0.25) is 0 Å². The zero-order valence-corrected chi connectivity index (χ0v) is 34.6. The van der Waals surface area contributed by atoms with Crippen molar-refractivity contribution < 1.29 is 28.4 Å². The Morgan fingerprint density at radius 2 is 1.58 bits per heavy atom. The van der Waals surface area contributed by atoms with Crippen molar-refractivity contribution >= 4 is 52.2 Å². The second kappa shape index (κ2) is 15.1. The number of anilines is 3. The van der Waals surface area contributed by atoms with Crippen molar-refractivity contribution in [3.8, 4) is 0 Å². The fraction of sp³-hybridized carbons (Fsp3) is 0.489. The van der Waals surface area contributed by atoms with Gasteiger partial charge >= 0.3 is 0 Å². The number of halogens is 1. The summed E-state index contributed by atoms with van der Waals surface area (Å²) in [4.78, 5) is 82.2. The van der Waals surface area contributed by atoms with Crippen molar-refractivity contribution in [2.75, 3.05) is 74.0 Å². The number of rotatable bonds is 9. The summed E-state index contributed by atoms with van der Waals surface area (Å²) in [5, 5.41) is 9.83. The molecule has 62 heavy (non-hydrogen) atoms. The zero-order chi connectivity index (χ0) is 42.3. The summed E-state index contributed by atoms with van der Waals surface area (Å²) < 4.78 is 17.8. The molecule has 11 rings (SSSR count). The Labute approximate surface area is 358 Å². The van der Waals surface area contributed by atoms with E-state index < -0.39 is 17.6 Å². The van der Waals surface area contributed by atoms with Gasteiger partial charge in [-0.3, -0.25) is 34.2 Å². The van der Waals surface area contributed by atoms with Crippen molar-refractivity contribution in [1.82, 2.24) is 39.5 Å². The summed E-state index contributed by atoms with van der Waals surface area (Å²) in [7, 11) is 0. The number of benzene rings is 2. The first-order valence-corrected chi connectivity index (χ1v) is 22.1. The molecule has 7 aliphatic rings. The van der Waals surface area contributed by atoms with Crippen LogP contribution in [-0.2, 0) is 22.7 Å². The molecule has 1 unspecified atom stereocenters. The van der Waals surface area contributed by atoms with Gasteiger partial charge in [0, 0.05) is 93.5 Å². The van der Waals surface area contributed by atoms with E-state index in [1.54, 1.807) is 29.0 Å². The van der Waals surface area contributed by atoms with Crippen LogP contribution >= 0.6 is 0 Å². The van der Waals surface area contributed by atoms with Crippen LogP contribution in [0, 0.1) is 0 Å². The van der Waals surface area contributed by atoms with Gasteiger partial charge < -0.3 is 29.8 Å². The number of fused-ring (bicyclic) bond motifs is 3. The van der Waals surface area contributed by atoms with E-state index in [9.17, 15) is 24.0 Å². The summed E-state index contributed by atoms with van der Waals surface area (Å²) in [6, 6.07) is 11.2. The Balaban J connectivity index is 0.725. The average Bonchev–Trinajstić information content (AvgIpc) is 3.92. The molecule has 0 spiro atoms. The summed E-state index contributed by atoms with van der Waals surface area (Å²) >= 11 is 0. The van der Waals surface area contributed by atoms with E-state index in [0.717, 1.165) is 74.4 Å². The second-order valence-corrected chi connectivity index (χ2v) is 18.2. The first-order valence-electron chi connectivity index (χ1n) is 22.1. The number of carbonyl (C=O) groups is 5.